The number of amides is 1. The lowest BCUT2D eigenvalue weighted by atomic mass is 10.2. The van der Waals surface area contributed by atoms with Gasteiger partial charge in [0.15, 0.2) is 6.61 Å². The van der Waals surface area contributed by atoms with E-state index in [1.807, 2.05) is 0 Å². The summed E-state index contributed by atoms with van der Waals surface area (Å²) in [6.45, 7) is 1.43. The third kappa shape index (κ3) is 4.20. The molecule has 1 N–H and O–H groups in total. The Labute approximate surface area is 131 Å². The van der Waals surface area contributed by atoms with Crippen LogP contribution in [0.15, 0.2) is 42.5 Å². The zero-order chi connectivity index (χ0) is 16.1. The number of hydrogen-bond donors (Lipinski definition) is 1. The quantitative estimate of drug-likeness (QED) is 0.674. The van der Waals surface area contributed by atoms with E-state index in [4.69, 9.17) is 16.3 Å². The van der Waals surface area contributed by atoms with Gasteiger partial charge in [0.1, 0.15) is 5.75 Å². The molecule has 0 spiro atoms. The van der Waals surface area contributed by atoms with Gasteiger partial charge in [-0.3, -0.25) is 14.9 Å². The van der Waals surface area contributed by atoms with Gasteiger partial charge >= 0.3 is 0 Å². The number of anilines is 1. The normalized spacial score (nSPS) is 10.1. The summed E-state index contributed by atoms with van der Waals surface area (Å²) in [6, 6.07) is 11.1. The molecule has 0 atom stereocenters. The van der Waals surface area contributed by atoms with Gasteiger partial charge in [-0.2, -0.15) is 0 Å². The molecule has 0 fully saturated rings. The molecular weight excluding hydrogens is 308 g/mol. The molecule has 2 aromatic carbocycles. The first-order valence-corrected chi connectivity index (χ1v) is 6.77. The lowest BCUT2D eigenvalue weighted by Crippen LogP contribution is -2.20. The first kappa shape index (κ1) is 15.8. The van der Waals surface area contributed by atoms with Crippen molar-refractivity contribution in [3.63, 3.8) is 0 Å². The van der Waals surface area contributed by atoms with Crippen molar-refractivity contribution in [2.75, 3.05) is 11.9 Å². The van der Waals surface area contributed by atoms with E-state index in [0.717, 1.165) is 0 Å². The Kier molecular flexibility index (Phi) is 4.95. The van der Waals surface area contributed by atoms with Crippen LogP contribution in [0.5, 0.6) is 5.75 Å². The molecule has 0 aliphatic heterocycles. The van der Waals surface area contributed by atoms with Crippen LogP contribution in [0.1, 0.15) is 5.56 Å². The summed E-state index contributed by atoms with van der Waals surface area (Å²) in [4.78, 5) is 22.2. The zero-order valence-electron chi connectivity index (χ0n) is 11.7. The van der Waals surface area contributed by atoms with Crippen molar-refractivity contribution in [2.45, 2.75) is 6.92 Å². The third-order valence-electron chi connectivity index (χ3n) is 2.87. The first-order chi connectivity index (χ1) is 10.5. The molecule has 2 aromatic rings. The summed E-state index contributed by atoms with van der Waals surface area (Å²) in [5.74, 6) is 0.0996. The van der Waals surface area contributed by atoms with Crippen LogP contribution in [0.4, 0.5) is 11.4 Å². The minimum Gasteiger partial charge on any atom is -0.484 e. The Morgan fingerprint density at radius 3 is 2.59 bits per heavy atom. The standard InChI is InChI=1S/C15H13ClN2O4/c1-10-2-5-12(8-14(10)18(20)21)17-15(19)9-22-13-6-3-11(16)4-7-13/h2-8H,9H2,1H3,(H,17,19). The maximum absolute atomic E-state index is 11.8. The van der Waals surface area contributed by atoms with Gasteiger partial charge < -0.3 is 10.1 Å². The van der Waals surface area contributed by atoms with Crippen LogP contribution in [0.3, 0.4) is 0 Å². The van der Waals surface area contributed by atoms with Gasteiger partial charge in [-0.15, -0.1) is 0 Å². The summed E-state index contributed by atoms with van der Waals surface area (Å²) < 4.78 is 5.29. The van der Waals surface area contributed by atoms with Crippen molar-refractivity contribution >= 4 is 28.9 Å². The third-order valence-corrected chi connectivity index (χ3v) is 3.13. The fourth-order valence-electron chi connectivity index (χ4n) is 1.76. The molecule has 0 aliphatic carbocycles. The topological polar surface area (TPSA) is 81.5 Å². The number of rotatable bonds is 5. The number of benzene rings is 2. The second kappa shape index (κ2) is 6.91. The van der Waals surface area contributed by atoms with Crippen LogP contribution in [-0.2, 0) is 4.79 Å². The summed E-state index contributed by atoms with van der Waals surface area (Å²) in [5, 5.41) is 14.0. The monoisotopic (exact) mass is 320 g/mol. The highest BCUT2D eigenvalue weighted by molar-refractivity contribution is 6.30. The lowest BCUT2D eigenvalue weighted by Gasteiger charge is -2.08. The minimum absolute atomic E-state index is 0.0450. The Hall–Kier alpha value is -2.60. The molecule has 7 heteroatoms. The van der Waals surface area contributed by atoms with E-state index in [0.29, 0.717) is 22.0 Å². The molecule has 114 valence electrons. The van der Waals surface area contributed by atoms with E-state index in [-0.39, 0.29) is 12.3 Å². The van der Waals surface area contributed by atoms with Crippen LogP contribution in [0.2, 0.25) is 5.02 Å². The van der Waals surface area contributed by atoms with Gasteiger partial charge in [-0.25, -0.2) is 0 Å². The SMILES string of the molecule is Cc1ccc(NC(=O)COc2ccc(Cl)cc2)cc1[N+](=O)[O-]. The summed E-state index contributed by atoms with van der Waals surface area (Å²) >= 11 is 5.74. The first-order valence-electron chi connectivity index (χ1n) is 6.39. The zero-order valence-corrected chi connectivity index (χ0v) is 12.5. The summed E-state index contributed by atoms with van der Waals surface area (Å²) in [5.41, 5.74) is 0.832. The lowest BCUT2D eigenvalue weighted by molar-refractivity contribution is -0.385. The predicted octanol–water partition coefficient (Wildman–Crippen LogP) is 3.57. The average molecular weight is 321 g/mol. The average Bonchev–Trinajstić information content (AvgIpc) is 2.48. The van der Waals surface area contributed by atoms with Crippen LogP contribution in [0, 0.1) is 17.0 Å². The van der Waals surface area contributed by atoms with Gasteiger partial charge in [0.25, 0.3) is 11.6 Å². The molecule has 0 bridgehead atoms. The van der Waals surface area contributed by atoms with Crippen LogP contribution < -0.4 is 10.1 Å². The molecule has 0 saturated heterocycles. The molecule has 0 aliphatic rings. The van der Waals surface area contributed by atoms with E-state index in [1.165, 1.54) is 6.07 Å². The number of carbonyl (C=O) groups excluding carboxylic acids is 1. The number of ether oxygens (including phenoxy) is 1. The Balaban J connectivity index is 1.96. The molecule has 2 rings (SSSR count). The number of hydrogen-bond acceptors (Lipinski definition) is 4. The van der Waals surface area contributed by atoms with Gasteiger partial charge in [0, 0.05) is 22.3 Å². The smallest absolute Gasteiger partial charge is 0.274 e. The maximum atomic E-state index is 11.8. The highest BCUT2D eigenvalue weighted by atomic mass is 35.5. The van der Waals surface area contributed by atoms with Crippen molar-refractivity contribution in [2.24, 2.45) is 0 Å². The van der Waals surface area contributed by atoms with Crippen molar-refractivity contribution in [3.8, 4) is 5.75 Å². The fourth-order valence-corrected chi connectivity index (χ4v) is 1.89. The highest BCUT2D eigenvalue weighted by Gasteiger charge is 2.12. The van der Waals surface area contributed by atoms with Gasteiger partial charge in [0.05, 0.1) is 4.92 Å². The van der Waals surface area contributed by atoms with E-state index in [9.17, 15) is 14.9 Å². The Morgan fingerprint density at radius 1 is 1.27 bits per heavy atom. The Bertz CT molecular complexity index is 701. The molecule has 6 nitrogen and oxygen atoms in total. The number of nitrogens with one attached hydrogen (secondary N) is 1. The number of nitro benzene ring substituents is 1. The molecule has 0 radical (unpaired) electrons. The predicted molar refractivity (Wildman–Crippen MR) is 83.4 cm³/mol. The van der Waals surface area contributed by atoms with Crippen molar-refractivity contribution < 1.29 is 14.5 Å². The second-order valence-corrected chi connectivity index (χ2v) is 4.99. The molecular formula is C15H13ClN2O4. The van der Waals surface area contributed by atoms with Crippen molar-refractivity contribution in [3.05, 3.63) is 63.2 Å². The minimum atomic E-state index is -0.491. The van der Waals surface area contributed by atoms with E-state index in [2.05, 4.69) is 5.32 Å². The fraction of sp³-hybridized carbons (Fsp3) is 0.133. The number of halogens is 1. The van der Waals surface area contributed by atoms with Gasteiger partial charge in [-0.05, 0) is 37.3 Å². The van der Waals surface area contributed by atoms with E-state index < -0.39 is 10.8 Å². The molecule has 0 aromatic heterocycles. The molecule has 0 saturated carbocycles. The number of aryl methyl sites for hydroxylation is 1. The second-order valence-electron chi connectivity index (χ2n) is 4.55. The molecule has 0 heterocycles. The highest BCUT2D eigenvalue weighted by Crippen LogP contribution is 2.22. The van der Waals surface area contributed by atoms with E-state index in [1.54, 1.807) is 43.3 Å². The molecule has 22 heavy (non-hydrogen) atoms. The largest absolute Gasteiger partial charge is 0.484 e. The van der Waals surface area contributed by atoms with Crippen molar-refractivity contribution in [1.29, 1.82) is 0 Å². The summed E-state index contributed by atoms with van der Waals surface area (Å²) in [7, 11) is 0. The van der Waals surface area contributed by atoms with Crippen LogP contribution in [0.25, 0.3) is 0 Å². The Morgan fingerprint density at radius 2 is 1.95 bits per heavy atom. The van der Waals surface area contributed by atoms with Crippen LogP contribution in [-0.4, -0.2) is 17.4 Å². The van der Waals surface area contributed by atoms with Gasteiger partial charge in [-0.1, -0.05) is 17.7 Å². The molecule has 0 unspecified atom stereocenters. The number of nitrogens with zero attached hydrogens (tertiary/aromatic N) is 1. The van der Waals surface area contributed by atoms with Crippen LogP contribution >= 0.6 is 11.6 Å². The number of nitro groups is 1. The maximum Gasteiger partial charge on any atom is 0.274 e. The summed E-state index contributed by atoms with van der Waals surface area (Å²) in [6.07, 6.45) is 0. The molecule has 1 amide bonds. The van der Waals surface area contributed by atoms with Gasteiger partial charge in [0.2, 0.25) is 0 Å². The van der Waals surface area contributed by atoms with Crippen molar-refractivity contribution in [1.82, 2.24) is 0 Å². The number of carbonyl (C=O) groups is 1. The van der Waals surface area contributed by atoms with E-state index >= 15 is 0 Å².